The fourth-order valence-corrected chi connectivity index (χ4v) is 2.18. The molecule has 0 aromatic heterocycles. The summed E-state index contributed by atoms with van der Waals surface area (Å²) in [6, 6.07) is 7.87. The molecule has 0 radical (unpaired) electrons. The van der Waals surface area contributed by atoms with Crippen LogP contribution in [0.3, 0.4) is 0 Å². The number of benzene rings is 1. The summed E-state index contributed by atoms with van der Waals surface area (Å²) in [5, 5.41) is 0.258. The number of hydrogen-bond acceptors (Lipinski definition) is 3. The third-order valence-electron chi connectivity index (χ3n) is 2.38. The quantitative estimate of drug-likeness (QED) is 0.609. The van der Waals surface area contributed by atoms with Crippen LogP contribution in [0.25, 0.3) is 0 Å². The molecular formula is C13H19NOS. The van der Waals surface area contributed by atoms with Gasteiger partial charge in [-0.3, -0.25) is 4.79 Å². The molecule has 0 aliphatic heterocycles. The first-order chi connectivity index (χ1) is 7.76. The zero-order valence-electron chi connectivity index (χ0n) is 9.74. The van der Waals surface area contributed by atoms with Crippen molar-refractivity contribution in [2.45, 2.75) is 44.0 Å². The van der Waals surface area contributed by atoms with Crippen molar-refractivity contribution in [3.63, 3.8) is 0 Å². The van der Waals surface area contributed by atoms with Gasteiger partial charge in [0.15, 0.2) is 5.12 Å². The van der Waals surface area contributed by atoms with E-state index in [0.29, 0.717) is 13.0 Å². The number of thioether (sulfide) groups is 1. The Hall–Kier alpha value is -0.800. The summed E-state index contributed by atoms with van der Waals surface area (Å²) in [6.45, 7) is 2.69. The molecule has 0 aliphatic carbocycles. The predicted molar refractivity (Wildman–Crippen MR) is 69.3 cm³/mol. The van der Waals surface area contributed by atoms with E-state index >= 15 is 0 Å². The van der Waals surface area contributed by atoms with Gasteiger partial charge in [0.1, 0.15) is 0 Å². The van der Waals surface area contributed by atoms with E-state index in [1.807, 2.05) is 24.3 Å². The lowest BCUT2D eigenvalue weighted by atomic mass is 10.2. The van der Waals surface area contributed by atoms with Crippen molar-refractivity contribution in [1.82, 2.24) is 0 Å². The predicted octanol–water partition coefficient (Wildman–Crippen LogP) is 3.34. The van der Waals surface area contributed by atoms with Gasteiger partial charge in [-0.15, -0.1) is 0 Å². The molecule has 2 nitrogen and oxygen atoms in total. The van der Waals surface area contributed by atoms with E-state index in [-0.39, 0.29) is 5.12 Å². The Balaban J connectivity index is 2.37. The molecule has 0 bridgehead atoms. The Kier molecular flexibility index (Phi) is 6.19. The fourth-order valence-electron chi connectivity index (χ4n) is 1.40. The minimum Gasteiger partial charge on any atom is -0.326 e. The van der Waals surface area contributed by atoms with Gasteiger partial charge >= 0.3 is 0 Å². The number of carbonyl (C=O) groups is 1. The van der Waals surface area contributed by atoms with Crippen molar-refractivity contribution in [2.75, 3.05) is 0 Å². The lowest BCUT2D eigenvalue weighted by Gasteiger charge is -2.02. The molecule has 0 amide bonds. The molecule has 16 heavy (non-hydrogen) atoms. The summed E-state index contributed by atoms with van der Waals surface area (Å²) < 4.78 is 0. The molecule has 0 saturated carbocycles. The summed E-state index contributed by atoms with van der Waals surface area (Å²) in [5.41, 5.74) is 6.61. The Labute approximate surface area is 102 Å². The van der Waals surface area contributed by atoms with Gasteiger partial charge in [-0.25, -0.2) is 0 Å². The maximum atomic E-state index is 11.6. The van der Waals surface area contributed by atoms with Crippen LogP contribution in [0.5, 0.6) is 0 Å². The number of carbonyl (C=O) groups excluding carboxylic acids is 1. The fraction of sp³-hybridized carbons (Fsp3) is 0.462. The van der Waals surface area contributed by atoms with Gasteiger partial charge in [-0.05, 0) is 24.1 Å². The minimum absolute atomic E-state index is 0.258. The van der Waals surface area contributed by atoms with Crippen LogP contribution >= 0.6 is 11.8 Å². The molecule has 1 aromatic rings. The molecule has 0 saturated heterocycles. The van der Waals surface area contributed by atoms with E-state index in [0.717, 1.165) is 29.7 Å². The van der Waals surface area contributed by atoms with Crippen molar-refractivity contribution >= 4 is 16.9 Å². The lowest BCUT2D eigenvalue weighted by molar-refractivity contribution is -0.111. The molecule has 0 fully saturated rings. The number of unbranched alkanes of at least 4 members (excludes halogenated alkanes) is 2. The van der Waals surface area contributed by atoms with Crippen LogP contribution in [-0.2, 0) is 11.3 Å². The summed E-state index contributed by atoms with van der Waals surface area (Å²) in [5.74, 6) is 0. The van der Waals surface area contributed by atoms with Crippen molar-refractivity contribution < 1.29 is 4.79 Å². The second-order valence-electron chi connectivity index (χ2n) is 3.78. The van der Waals surface area contributed by atoms with E-state index in [1.165, 1.54) is 11.8 Å². The van der Waals surface area contributed by atoms with Crippen LogP contribution < -0.4 is 5.73 Å². The van der Waals surface area contributed by atoms with Crippen LogP contribution in [0.15, 0.2) is 29.2 Å². The standard InChI is InChI=1S/C13H19NOS/c1-2-3-4-5-13(15)16-12-8-6-11(10-14)7-9-12/h6-9H,2-5,10,14H2,1H3. The summed E-state index contributed by atoms with van der Waals surface area (Å²) in [6.07, 6.45) is 3.97. The molecular weight excluding hydrogens is 218 g/mol. The smallest absolute Gasteiger partial charge is 0.193 e. The van der Waals surface area contributed by atoms with Gasteiger partial charge in [0, 0.05) is 17.9 Å². The molecule has 88 valence electrons. The minimum atomic E-state index is 0.258. The van der Waals surface area contributed by atoms with Gasteiger partial charge in [-0.1, -0.05) is 43.7 Å². The molecule has 0 spiro atoms. The third kappa shape index (κ3) is 4.81. The first kappa shape index (κ1) is 13.3. The molecule has 0 unspecified atom stereocenters. The molecule has 0 heterocycles. The van der Waals surface area contributed by atoms with Gasteiger partial charge in [-0.2, -0.15) is 0 Å². The van der Waals surface area contributed by atoms with Crippen LogP contribution in [0.1, 0.15) is 38.2 Å². The highest BCUT2D eigenvalue weighted by Gasteiger charge is 2.04. The number of rotatable bonds is 6. The van der Waals surface area contributed by atoms with E-state index in [2.05, 4.69) is 6.92 Å². The number of hydrogen-bond donors (Lipinski definition) is 1. The molecule has 2 N–H and O–H groups in total. The Morgan fingerprint density at radius 3 is 2.50 bits per heavy atom. The Morgan fingerprint density at radius 2 is 1.94 bits per heavy atom. The molecule has 3 heteroatoms. The molecule has 1 aromatic carbocycles. The van der Waals surface area contributed by atoms with Gasteiger partial charge in [0.2, 0.25) is 0 Å². The maximum Gasteiger partial charge on any atom is 0.193 e. The second kappa shape index (κ2) is 7.47. The first-order valence-corrected chi connectivity index (χ1v) is 6.57. The topological polar surface area (TPSA) is 43.1 Å². The lowest BCUT2D eigenvalue weighted by Crippen LogP contribution is -1.95. The highest BCUT2D eigenvalue weighted by molar-refractivity contribution is 8.13. The van der Waals surface area contributed by atoms with Crippen LogP contribution in [-0.4, -0.2) is 5.12 Å². The molecule has 0 atom stereocenters. The number of nitrogens with two attached hydrogens (primary N) is 1. The van der Waals surface area contributed by atoms with Crippen molar-refractivity contribution in [3.8, 4) is 0 Å². The van der Waals surface area contributed by atoms with Crippen molar-refractivity contribution in [3.05, 3.63) is 29.8 Å². The monoisotopic (exact) mass is 237 g/mol. The zero-order chi connectivity index (χ0) is 11.8. The van der Waals surface area contributed by atoms with E-state index in [1.54, 1.807) is 0 Å². The van der Waals surface area contributed by atoms with E-state index in [9.17, 15) is 4.79 Å². The molecule has 1 rings (SSSR count). The normalized spacial score (nSPS) is 10.4. The largest absolute Gasteiger partial charge is 0.326 e. The third-order valence-corrected chi connectivity index (χ3v) is 3.31. The Morgan fingerprint density at radius 1 is 1.25 bits per heavy atom. The Bertz CT molecular complexity index is 321. The summed E-state index contributed by atoms with van der Waals surface area (Å²) >= 11 is 1.33. The molecule has 0 aliphatic rings. The van der Waals surface area contributed by atoms with Gasteiger partial charge in [0.25, 0.3) is 0 Å². The summed E-state index contributed by atoms with van der Waals surface area (Å²) in [7, 11) is 0. The van der Waals surface area contributed by atoms with Gasteiger partial charge < -0.3 is 5.73 Å². The first-order valence-electron chi connectivity index (χ1n) is 5.76. The van der Waals surface area contributed by atoms with Crippen molar-refractivity contribution in [1.29, 1.82) is 0 Å². The van der Waals surface area contributed by atoms with E-state index in [4.69, 9.17) is 5.73 Å². The van der Waals surface area contributed by atoms with E-state index < -0.39 is 0 Å². The average Bonchev–Trinajstić information content (AvgIpc) is 2.30. The highest BCUT2D eigenvalue weighted by Crippen LogP contribution is 2.21. The van der Waals surface area contributed by atoms with Crippen LogP contribution in [0, 0.1) is 0 Å². The average molecular weight is 237 g/mol. The maximum absolute atomic E-state index is 11.6. The second-order valence-corrected chi connectivity index (χ2v) is 4.91. The zero-order valence-corrected chi connectivity index (χ0v) is 10.6. The highest BCUT2D eigenvalue weighted by atomic mass is 32.2. The van der Waals surface area contributed by atoms with Crippen molar-refractivity contribution in [2.24, 2.45) is 5.73 Å². The SMILES string of the molecule is CCCCCC(=O)Sc1ccc(CN)cc1. The summed E-state index contributed by atoms with van der Waals surface area (Å²) in [4.78, 5) is 12.6. The van der Waals surface area contributed by atoms with Crippen LogP contribution in [0.2, 0.25) is 0 Å². The van der Waals surface area contributed by atoms with Crippen LogP contribution in [0.4, 0.5) is 0 Å². The van der Waals surface area contributed by atoms with Gasteiger partial charge in [0.05, 0.1) is 0 Å².